The highest BCUT2D eigenvalue weighted by Crippen LogP contribution is 2.49. The number of ether oxygens (including phenoxy) is 6. The monoisotopic (exact) mass is 1190 g/mol. The van der Waals surface area contributed by atoms with Crippen molar-refractivity contribution in [1.82, 2.24) is 0 Å². The van der Waals surface area contributed by atoms with E-state index in [9.17, 15) is 75.2 Å². The van der Waals surface area contributed by atoms with Crippen LogP contribution in [0, 0.1) is 0 Å². The molecule has 0 aromatic carbocycles. The summed E-state index contributed by atoms with van der Waals surface area (Å²) >= 11 is 0. The minimum atomic E-state index is -5.64. The third kappa shape index (κ3) is 27.6. The Morgan fingerprint density at radius 2 is 0.815 bits per heavy atom. The van der Waals surface area contributed by atoms with Gasteiger partial charge in [-0.15, -0.1) is 0 Å². The number of unbranched alkanes of at least 4 members (excludes halogenated alkanes) is 25. The molecule has 3 aliphatic rings. The number of allylic oxidation sites excluding steroid dienone is 2. The summed E-state index contributed by atoms with van der Waals surface area (Å²) in [4.78, 5) is 37.5. The lowest BCUT2D eigenvalue weighted by atomic mass is 9.84. The molecule has 2 aliphatic heterocycles. The first-order chi connectivity index (χ1) is 38.9. The predicted octanol–water partition coefficient (Wildman–Crippen LogP) is 4.71. The van der Waals surface area contributed by atoms with Crippen molar-refractivity contribution in [3.8, 4) is 0 Å². The van der Waals surface area contributed by atoms with E-state index < -0.39 is 150 Å². The van der Waals surface area contributed by atoms with Crippen LogP contribution < -0.4 is 0 Å². The summed E-state index contributed by atoms with van der Waals surface area (Å²) in [5, 5.41) is 117. The number of phosphoric ester groups is 1. The maximum Gasteiger partial charge on any atom is 0.472 e. The molecule has 0 aromatic rings. The molecule has 18 atom stereocenters. The molecule has 12 N–H and O–H groups in total. The molecule has 0 aromatic heterocycles. The van der Waals surface area contributed by atoms with E-state index in [0.29, 0.717) is 12.8 Å². The second kappa shape index (κ2) is 42.1. The van der Waals surface area contributed by atoms with Gasteiger partial charge in [-0.25, -0.2) is 4.57 Å². The SMILES string of the molecule is CCCCCCCC/C=C\CCCCCCCC(=O)O[C@H](COC(=O)CCCCCCCCCCCCCCCCC)COP(=O)(O)OC1C(O[C@@H]2OC(CO)[C@H](O)C(O)[C@@H]2O)C(O)C(O)C(O)[C@H]1O[C@H]1OC(CO)[C@@H](O)C(O)[C@H]1O. The highest BCUT2D eigenvalue weighted by molar-refractivity contribution is 7.47. The molecule has 2 saturated heterocycles. The number of hydrogen-bond acceptors (Lipinski definition) is 22. The van der Waals surface area contributed by atoms with Gasteiger partial charge in [-0.2, -0.15) is 0 Å². The summed E-state index contributed by atoms with van der Waals surface area (Å²) in [5.41, 5.74) is 0. The Labute approximate surface area is 480 Å². The van der Waals surface area contributed by atoms with Gasteiger partial charge in [-0.3, -0.25) is 18.6 Å². The van der Waals surface area contributed by atoms with Crippen molar-refractivity contribution in [2.45, 2.75) is 311 Å². The van der Waals surface area contributed by atoms with Crippen LogP contribution in [-0.2, 0) is 51.6 Å². The lowest BCUT2D eigenvalue weighted by molar-refractivity contribution is -0.360. The fourth-order valence-corrected chi connectivity index (χ4v) is 11.2. The number of phosphoric acid groups is 1. The van der Waals surface area contributed by atoms with E-state index in [4.69, 9.17) is 37.5 Å². The van der Waals surface area contributed by atoms with Crippen molar-refractivity contribution < 1.29 is 113 Å². The third-order valence-electron chi connectivity index (χ3n) is 15.3. The Morgan fingerprint density at radius 1 is 0.457 bits per heavy atom. The average molecular weight is 1190 g/mol. The molecule has 0 amide bonds. The summed E-state index contributed by atoms with van der Waals surface area (Å²) in [6, 6.07) is 0. The molecule has 0 radical (unpaired) electrons. The van der Waals surface area contributed by atoms with E-state index in [2.05, 4.69) is 26.0 Å². The van der Waals surface area contributed by atoms with Crippen LogP contribution in [0.2, 0.25) is 0 Å². The van der Waals surface area contributed by atoms with E-state index in [0.717, 1.165) is 64.2 Å². The van der Waals surface area contributed by atoms with Crippen LogP contribution in [0.4, 0.5) is 0 Å². The summed E-state index contributed by atoms with van der Waals surface area (Å²) in [5.74, 6) is -1.33. The number of esters is 2. The first-order valence-corrected chi connectivity index (χ1v) is 32.0. The lowest BCUT2D eigenvalue weighted by Crippen LogP contribution is -2.69. The number of rotatable bonds is 45. The van der Waals surface area contributed by atoms with Crippen LogP contribution in [0.25, 0.3) is 0 Å². The highest BCUT2D eigenvalue weighted by Gasteiger charge is 2.58. The largest absolute Gasteiger partial charge is 0.472 e. The van der Waals surface area contributed by atoms with Gasteiger partial charge in [-0.1, -0.05) is 167 Å². The summed E-state index contributed by atoms with van der Waals surface area (Å²) in [6.07, 6.45) is 0.404. The Kier molecular flexibility index (Phi) is 38.2. The number of carbonyl (C=O) groups excluding carboxylic acids is 2. The molecule has 0 spiro atoms. The third-order valence-corrected chi connectivity index (χ3v) is 16.3. The van der Waals surface area contributed by atoms with E-state index >= 15 is 0 Å². The molecule has 23 nitrogen and oxygen atoms in total. The van der Waals surface area contributed by atoms with Crippen LogP contribution in [0.15, 0.2) is 12.2 Å². The molecule has 81 heavy (non-hydrogen) atoms. The van der Waals surface area contributed by atoms with E-state index in [1.54, 1.807) is 0 Å². The first kappa shape index (κ1) is 73.4. The zero-order chi connectivity index (χ0) is 59.6. The molecule has 1 saturated carbocycles. The van der Waals surface area contributed by atoms with E-state index in [-0.39, 0.29) is 12.8 Å². The topological polar surface area (TPSA) is 368 Å². The number of aliphatic hydroxyl groups excluding tert-OH is 11. The average Bonchev–Trinajstić information content (AvgIpc) is 3.59. The molecule has 10 unspecified atom stereocenters. The van der Waals surface area contributed by atoms with Gasteiger partial charge >= 0.3 is 19.8 Å². The molecular weight excluding hydrogens is 1080 g/mol. The standard InChI is InChI=1S/C57H105O23P/c1-3-5-7-9-11-13-15-17-19-21-23-25-27-29-31-33-42(60)73-37-39(75-43(61)34-32-30-28-26-24-22-20-18-16-14-12-10-8-6-4-2)38-74-81(71,72)80-55-53(78-56-51(69)46(64)44(62)40(35-58)76-56)49(67)48(66)50(68)54(55)79-57-52(70)47(65)45(63)41(36-59)77-57/h18,20,39-41,44-59,62-70H,3-17,19,21-38H2,1-2H3,(H,71,72)/b20-18-/t39-,40?,41?,44-,45+,46?,47?,48?,49?,50?,51-,52+,53-,54?,55?,56-,57+/m1/s1. The number of carbonyl (C=O) groups is 2. The van der Waals surface area contributed by atoms with Crippen LogP contribution in [0.3, 0.4) is 0 Å². The molecule has 3 rings (SSSR count). The quantitative estimate of drug-likeness (QED) is 0.0170. The number of hydrogen-bond donors (Lipinski definition) is 12. The van der Waals surface area contributed by atoms with Crippen molar-refractivity contribution in [1.29, 1.82) is 0 Å². The lowest BCUT2D eigenvalue weighted by Gasteiger charge is -2.49. The van der Waals surface area contributed by atoms with E-state index in [1.807, 2.05) is 0 Å². The molecule has 2 heterocycles. The molecule has 3 fully saturated rings. The fraction of sp³-hybridized carbons (Fsp3) is 0.930. The zero-order valence-corrected chi connectivity index (χ0v) is 49.2. The van der Waals surface area contributed by atoms with Gasteiger partial charge in [0.1, 0.15) is 92.1 Å². The Hall–Kier alpha value is -1.81. The van der Waals surface area contributed by atoms with Crippen LogP contribution in [0.1, 0.15) is 206 Å². The minimum Gasteiger partial charge on any atom is -0.462 e. The highest BCUT2D eigenvalue weighted by atomic mass is 31.2. The van der Waals surface area contributed by atoms with Crippen molar-refractivity contribution in [3.63, 3.8) is 0 Å². The molecule has 0 bridgehead atoms. The summed E-state index contributed by atoms with van der Waals surface area (Å²) in [6.45, 7) is 1.01. The molecular formula is C57H105O23P. The number of aliphatic hydroxyl groups is 11. The van der Waals surface area contributed by atoms with Crippen molar-refractivity contribution in [2.75, 3.05) is 26.4 Å². The van der Waals surface area contributed by atoms with Crippen LogP contribution in [0.5, 0.6) is 0 Å². The first-order valence-electron chi connectivity index (χ1n) is 30.5. The van der Waals surface area contributed by atoms with Gasteiger partial charge in [-0.05, 0) is 38.5 Å². The van der Waals surface area contributed by atoms with Crippen LogP contribution in [-0.4, -0.2) is 204 Å². The predicted molar refractivity (Wildman–Crippen MR) is 296 cm³/mol. The minimum absolute atomic E-state index is 0.0386. The maximum absolute atomic E-state index is 14.0. The smallest absolute Gasteiger partial charge is 0.462 e. The Bertz CT molecular complexity index is 1660. The molecule has 1 aliphatic carbocycles. The second-order valence-corrected chi connectivity index (χ2v) is 23.6. The van der Waals surface area contributed by atoms with Gasteiger partial charge in [0.25, 0.3) is 0 Å². The van der Waals surface area contributed by atoms with Gasteiger partial charge in [0.05, 0.1) is 19.8 Å². The second-order valence-electron chi connectivity index (χ2n) is 22.2. The summed E-state index contributed by atoms with van der Waals surface area (Å²) in [7, 11) is -5.64. The van der Waals surface area contributed by atoms with Crippen molar-refractivity contribution in [3.05, 3.63) is 12.2 Å². The Balaban J connectivity index is 1.69. The molecule has 476 valence electrons. The summed E-state index contributed by atoms with van der Waals surface area (Å²) < 4.78 is 58.2. The van der Waals surface area contributed by atoms with Crippen molar-refractivity contribution in [2.24, 2.45) is 0 Å². The molecule has 24 heteroatoms. The van der Waals surface area contributed by atoms with E-state index in [1.165, 1.54) is 103 Å². The van der Waals surface area contributed by atoms with Crippen molar-refractivity contribution >= 4 is 19.8 Å². The zero-order valence-electron chi connectivity index (χ0n) is 48.3. The maximum atomic E-state index is 14.0. The normalized spacial score (nSPS) is 31.0. The van der Waals surface area contributed by atoms with Gasteiger partial charge in [0.2, 0.25) is 0 Å². The Morgan fingerprint density at radius 3 is 1.21 bits per heavy atom. The van der Waals surface area contributed by atoms with Crippen LogP contribution >= 0.6 is 7.82 Å². The van der Waals surface area contributed by atoms with Gasteiger partial charge in [0, 0.05) is 12.8 Å². The van der Waals surface area contributed by atoms with Gasteiger partial charge < -0.3 is 89.5 Å². The van der Waals surface area contributed by atoms with Gasteiger partial charge in [0.15, 0.2) is 18.7 Å². The fourth-order valence-electron chi connectivity index (χ4n) is 10.2.